The Bertz CT molecular complexity index is 442. The Labute approximate surface area is 116 Å². The maximum atomic E-state index is 13.2. The average Bonchev–Trinajstić information content (AvgIpc) is 2.78. The van der Waals surface area contributed by atoms with Crippen LogP contribution in [0.15, 0.2) is 5.16 Å². The van der Waals surface area contributed by atoms with Crippen molar-refractivity contribution in [2.45, 2.75) is 50.0 Å². The maximum Gasteiger partial charge on any atom is 0.191 e. The largest absolute Gasteiger partial charge is 0.393 e. The van der Waals surface area contributed by atoms with Gasteiger partial charge in [-0.25, -0.2) is 14.4 Å². The van der Waals surface area contributed by atoms with Crippen LogP contribution in [0.1, 0.15) is 32.6 Å². The fourth-order valence-electron chi connectivity index (χ4n) is 2.08. The molecule has 5 N–H and O–H groups in total. The van der Waals surface area contributed by atoms with E-state index in [4.69, 9.17) is 11.5 Å². The van der Waals surface area contributed by atoms with Crippen molar-refractivity contribution in [3.05, 3.63) is 0 Å². The van der Waals surface area contributed by atoms with E-state index < -0.39 is 6.17 Å². The van der Waals surface area contributed by atoms with Crippen LogP contribution >= 0.6 is 11.8 Å². The van der Waals surface area contributed by atoms with Crippen LogP contribution in [0, 0.1) is 0 Å². The highest BCUT2D eigenvalue weighted by molar-refractivity contribution is 7.99. The molecule has 1 aromatic heterocycles. The highest BCUT2D eigenvalue weighted by atomic mass is 32.2. The van der Waals surface area contributed by atoms with Crippen molar-refractivity contribution in [3.8, 4) is 0 Å². The summed E-state index contributed by atoms with van der Waals surface area (Å²) in [5.74, 6) is 1.75. The molecule has 0 aliphatic heterocycles. The molecule has 1 fully saturated rings. The summed E-state index contributed by atoms with van der Waals surface area (Å²) in [5, 5.41) is 3.80. The Morgan fingerprint density at radius 2 is 2.16 bits per heavy atom. The zero-order valence-corrected chi connectivity index (χ0v) is 11.8. The lowest BCUT2D eigenvalue weighted by Crippen LogP contribution is -2.19. The number of alkyl halides is 1. The van der Waals surface area contributed by atoms with Gasteiger partial charge in [0.15, 0.2) is 16.8 Å². The average molecular weight is 285 g/mol. The van der Waals surface area contributed by atoms with Crippen LogP contribution in [0.3, 0.4) is 0 Å². The number of thioether (sulfide) groups is 1. The first kappa shape index (κ1) is 14.2. The summed E-state index contributed by atoms with van der Waals surface area (Å²) < 4.78 is 13.2. The monoisotopic (exact) mass is 285 g/mol. The molecule has 106 valence electrons. The van der Waals surface area contributed by atoms with Gasteiger partial charge in [-0.1, -0.05) is 18.7 Å². The Morgan fingerprint density at radius 1 is 1.37 bits per heavy atom. The third kappa shape index (κ3) is 3.62. The number of nitrogens with one attached hydrogen (secondary N) is 1. The second-order valence-corrected chi connectivity index (χ2v) is 5.82. The van der Waals surface area contributed by atoms with Gasteiger partial charge in [-0.05, 0) is 25.7 Å². The number of nitrogens with zero attached hydrogens (tertiary/aromatic N) is 2. The van der Waals surface area contributed by atoms with Gasteiger partial charge < -0.3 is 16.8 Å². The van der Waals surface area contributed by atoms with Gasteiger partial charge in [-0.15, -0.1) is 0 Å². The maximum absolute atomic E-state index is 13.2. The minimum Gasteiger partial charge on any atom is -0.393 e. The highest BCUT2D eigenvalue weighted by Crippen LogP contribution is 2.30. The minimum atomic E-state index is -0.730. The van der Waals surface area contributed by atoms with Crippen LogP contribution in [-0.2, 0) is 0 Å². The molecule has 1 aromatic rings. The quantitative estimate of drug-likeness (QED) is 0.568. The molecule has 0 amide bonds. The Balaban J connectivity index is 2.11. The molecule has 0 saturated heterocycles. The molecule has 1 saturated carbocycles. The lowest BCUT2D eigenvalue weighted by Gasteiger charge is -2.16. The molecule has 0 spiro atoms. The summed E-state index contributed by atoms with van der Waals surface area (Å²) in [7, 11) is 0. The van der Waals surface area contributed by atoms with Gasteiger partial charge in [0.2, 0.25) is 0 Å². The van der Waals surface area contributed by atoms with Crippen molar-refractivity contribution in [1.82, 2.24) is 9.97 Å². The van der Waals surface area contributed by atoms with Gasteiger partial charge in [0.05, 0.1) is 0 Å². The third-order valence-corrected chi connectivity index (χ3v) is 4.15. The first-order chi connectivity index (χ1) is 9.10. The van der Waals surface area contributed by atoms with Crippen molar-refractivity contribution in [2.24, 2.45) is 0 Å². The summed E-state index contributed by atoms with van der Waals surface area (Å²) in [6.07, 6.45) is 2.19. The molecule has 0 bridgehead atoms. The van der Waals surface area contributed by atoms with Crippen molar-refractivity contribution in [2.75, 3.05) is 22.5 Å². The first-order valence-corrected chi connectivity index (χ1v) is 7.55. The van der Waals surface area contributed by atoms with Crippen molar-refractivity contribution in [3.63, 3.8) is 0 Å². The first-order valence-electron chi connectivity index (χ1n) is 6.56. The predicted molar refractivity (Wildman–Crippen MR) is 78.0 cm³/mol. The molecule has 19 heavy (non-hydrogen) atoms. The highest BCUT2D eigenvalue weighted by Gasteiger charge is 2.25. The topological polar surface area (TPSA) is 89.8 Å². The van der Waals surface area contributed by atoms with Gasteiger partial charge in [-0.3, -0.25) is 0 Å². The van der Waals surface area contributed by atoms with Crippen LogP contribution in [0.2, 0.25) is 0 Å². The molecule has 2 unspecified atom stereocenters. The predicted octanol–water partition coefficient (Wildman–Crippen LogP) is 2.45. The standard InChI is InChI=1S/C12H20FN5S/c1-2-5-19-12-17-10(15)9(14)11(18-12)16-8-4-3-7(13)6-8/h7-8H,2-6,14H2,1H3,(H3,15,16,17,18). The number of rotatable bonds is 5. The molecule has 5 nitrogen and oxygen atoms in total. The van der Waals surface area contributed by atoms with Crippen LogP contribution in [-0.4, -0.2) is 27.9 Å². The second kappa shape index (κ2) is 6.27. The number of nitrogens with two attached hydrogens (primary N) is 2. The van der Waals surface area contributed by atoms with Crippen molar-refractivity contribution >= 4 is 29.1 Å². The second-order valence-electron chi connectivity index (χ2n) is 4.75. The van der Waals surface area contributed by atoms with E-state index in [0.717, 1.165) is 18.6 Å². The smallest absolute Gasteiger partial charge is 0.191 e. The molecule has 7 heteroatoms. The van der Waals surface area contributed by atoms with E-state index in [0.29, 0.717) is 29.5 Å². The van der Waals surface area contributed by atoms with E-state index in [1.807, 2.05) is 0 Å². The van der Waals surface area contributed by atoms with Gasteiger partial charge >= 0.3 is 0 Å². The number of hydrogen-bond donors (Lipinski definition) is 3. The zero-order chi connectivity index (χ0) is 13.8. The van der Waals surface area contributed by atoms with Gasteiger partial charge in [-0.2, -0.15) is 0 Å². The fraction of sp³-hybridized carbons (Fsp3) is 0.667. The summed E-state index contributed by atoms with van der Waals surface area (Å²) >= 11 is 1.54. The normalized spacial score (nSPS) is 22.6. The number of halogens is 1. The van der Waals surface area contributed by atoms with Gasteiger partial charge in [0, 0.05) is 11.8 Å². The molecule has 0 radical (unpaired) electrons. The van der Waals surface area contributed by atoms with E-state index in [1.54, 1.807) is 11.8 Å². The third-order valence-electron chi connectivity index (χ3n) is 3.10. The minimum absolute atomic E-state index is 0.0793. The van der Waals surface area contributed by atoms with E-state index in [1.165, 1.54) is 0 Å². The summed E-state index contributed by atoms with van der Waals surface area (Å²) in [5.41, 5.74) is 12.0. The zero-order valence-electron chi connectivity index (χ0n) is 11.0. The van der Waals surface area contributed by atoms with E-state index in [-0.39, 0.29) is 11.9 Å². The van der Waals surface area contributed by atoms with E-state index in [9.17, 15) is 4.39 Å². The van der Waals surface area contributed by atoms with Crippen LogP contribution < -0.4 is 16.8 Å². The molecule has 2 rings (SSSR count). The lowest BCUT2D eigenvalue weighted by molar-refractivity contribution is 0.341. The van der Waals surface area contributed by atoms with Crippen LogP contribution in [0.4, 0.5) is 21.7 Å². The summed E-state index contributed by atoms with van der Waals surface area (Å²) in [6, 6.07) is 0.0793. The molecule has 1 aliphatic rings. The molecule has 2 atom stereocenters. The lowest BCUT2D eigenvalue weighted by atomic mass is 10.2. The summed E-state index contributed by atoms with van der Waals surface area (Å²) in [4.78, 5) is 8.52. The molecular weight excluding hydrogens is 265 g/mol. The van der Waals surface area contributed by atoms with Crippen LogP contribution in [0.25, 0.3) is 0 Å². The number of hydrogen-bond acceptors (Lipinski definition) is 6. The van der Waals surface area contributed by atoms with Crippen molar-refractivity contribution in [1.29, 1.82) is 0 Å². The molecular formula is C12H20FN5S. The van der Waals surface area contributed by atoms with Gasteiger partial charge in [0.1, 0.15) is 11.9 Å². The van der Waals surface area contributed by atoms with Gasteiger partial charge in [0.25, 0.3) is 0 Å². The Hall–Kier alpha value is -1.24. The molecule has 1 heterocycles. The SMILES string of the molecule is CCCSc1nc(N)c(N)c(NC2CCC(F)C2)n1. The van der Waals surface area contributed by atoms with Crippen molar-refractivity contribution < 1.29 is 4.39 Å². The number of anilines is 3. The van der Waals surface area contributed by atoms with E-state index in [2.05, 4.69) is 22.2 Å². The molecule has 1 aliphatic carbocycles. The fourth-order valence-corrected chi connectivity index (χ4v) is 2.79. The number of nitrogen functional groups attached to an aromatic ring is 2. The van der Waals surface area contributed by atoms with Crippen LogP contribution in [0.5, 0.6) is 0 Å². The van der Waals surface area contributed by atoms with E-state index >= 15 is 0 Å². The molecule has 0 aromatic carbocycles. The number of aromatic nitrogens is 2. The summed E-state index contributed by atoms with van der Waals surface area (Å²) in [6.45, 7) is 2.09. The Kier molecular flexibility index (Phi) is 4.68. The Morgan fingerprint density at radius 3 is 2.79 bits per heavy atom.